The van der Waals surface area contributed by atoms with Crippen molar-refractivity contribution in [3.8, 4) is 11.3 Å². The van der Waals surface area contributed by atoms with Gasteiger partial charge in [0.2, 0.25) is 5.91 Å². The highest BCUT2D eigenvalue weighted by molar-refractivity contribution is 5.76. The fourth-order valence-corrected chi connectivity index (χ4v) is 3.66. The average molecular weight is 395 g/mol. The second kappa shape index (κ2) is 8.57. The summed E-state index contributed by atoms with van der Waals surface area (Å²) in [5, 5.41) is 8.18. The lowest BCUT2D eigenvalue weighted by atomic mass is 10.1. The molecule has 0 aliphatic carbocycles. The number of carbonyl (C=O) groups excluding carboxylic acids is 1. The molecule has 0 saturated carbocycles. The van der Waals surface area contributed by atoms with E-state index in [0.717, 1.165) is 41.4 Å². The number of hydrogen-bond donors (Lipinski definition) is 0. The molecule has 0 N–H and O–H groups in total. The van der Waals surface area contributed by atoms with Crippen LogP contribution in [-0.4, -0.2) is 50.4 Å². The minimum Gasteiger partial charge on any atom is -0.368 e. The standard InChI is InChI=1S/C21H25N5O3/c1-15-21(16(2)29-24-15)18-7-3-6-17(23-18)19-14-25(12-13-28-19)20(27)8-4-10-26-11-5-9-22-26/h3,5-7,9,11,19H,4,8,10,12-14H2,1-2H3. The fraction of sp³-hybridized carbons (Fsp3) is 0.429. The molecule has 1 atom stereocenters. The van der Waals surface area contributed by atoms with Crippen LogP contribution in [0.3, 0.4) is 0 Å². The first-order chi connectivity index (χ1) is 14.1. The molecule has 1 amide bonds. The van der Waals surface area contributed by atoms with E-state index in [1.165, 1.54) is 0 Å². The lowest BCUT2D eigenvalue weighted by molar-refractivity contribution is -0.139. The van der Waals surface area contributed by atoms with Gasteiger partial charge >= 0.3 is 0 Å². The predicted octanol–water partition coefficient (Wildman–Crippen LogP) is 2.93. The van der Waals surface area contributed by atoms with Gasteiger partial charge in [-0.3, -0.25) is 9.48 Å². The molecule has 1 saturated heterocycles. The van der Waals surface area contributed by atoms with Crippen molar-refractivity contribution in [2.24, 2.45) is 0 Å². The van der Waals surface area contributed by atoms with Crippen molar-refractivity contribution in [3.63, 3.8) is 0 Å². The number of nitrogens with zero attached hydrogens (tertiary/aromatic N) is 5. The van der Waals surface area contributed by atoms with Gasteiger partial charge in [-0.1, -0.05) is 11.2 Å². The van der Waals surface area contributed by atoms with Crippen molar-refractivity contribution in [2.75, 3.05) is 19.7 Å². The summed E-state index contributed by atoms with van der Waals surface area (Å²) in [6, 6.07) is 7.73. The molecule has 29 heavy (non-hydrogen) atoms. The molecule has 0 aromatic carbocycles. The van der Waals surface area contributed by atoms with Crippen LogP contribution in [0.2, 0.25) is 0 Å². The number of aromatic nitrogens is 4. The molecule has 3 aromatic heterocycles. The molecule has 4 rings (SSSR count). The van der Waals surface area contributed by atoms with Crippen LogP contribution in [0.1, 0.15) is 36.1 Å². The highest BCUT2D eigenvalue weighted by atomic mass is 16.5. The third-order valence-corrected chi connectivity index (χ3v) is 5.15. The number of rotatable bonds is 6. The smallest absolute Gasteiger partial charge is 0.222 e. The molecule has 1 unspecified atom stereocenters. The predicted molar refractivity (Wildman–Crippen MR) is 106 cm³/mol. The van der Waals surface area contributed by atoms with Gasteiger partial charge in [-0.2, -0.15) is 5.10 Å². The molecule has 3 aromatic rings. The summed E-state index contributed by atoms with van der Waals surface area (Å²) in [7, 11) is 0. The highest BCUT2D eigenvalue weighted by Gasteiger charge is 2.26. The van der Waals surface area contributed by atoms with E-state index in [1.54, 1.807) is 6.20 Å². The number of hydrogen-bond acceptors (Lipinski definition) is 6. The summed E-state index contributed by atoms with van der Waals surface area (Å²) in [6.45, 7) is 6.16. The van der Waals surface area contributed by atoms with Crippen LogP contribution in [0.5, 0.6) is 0 Å². The summed E-state index contributed by atoms with van der Waals surface area (Å²) in [5.41, 5.74) is 3.35. The van der Waals surface area contributed by atoms with Crippen LogP contribution in [0.25, 0.3) is 11.3 Å². The lowest BCUT2D eigenvalue weighted by Crippen LogP contribution is -2.42. The van der Waals surface area contributed by atoms with Gasteiger partial charge in [0.05, 0.1) is 35.8 Å². The largest absolute Gasteiger partial charge is 0.368 e. The Kier molecular flexibility index (Phi) is 5.71. The number of morpholine rings is 1. The van der Waals surface area contributed by atoms with E-state index < -0.39 is 0 Å². The Labute approximate surface area is 169 Å². The van der Waals surface area contributed by atoms with Gasteiger partial charge in [-0.05, 0) is 38.5 Å². The number of pyridine rings is 1. The highest BCUT2D eigenvalue weighted by Crippen LogP contribution is 2.28. The van der Waals surface area contributed by atoms with Crippen LogP contribution >= 0.6 is 0 Å². The molecule has 152 valence electrons. The molecule has 8 heteroatoms. The Morgan fingerprint density at radius 1 is 1.28 bits per heavy atom. The van der Waals surface area contributed by atoms with Crippen molar-refractivity contribution < 1.29 is 14.1 Å². The molecule has 4 heterocycles. The van der Waals surface area contributed by atoms with E-state index in [2.05, 4.69) is 10.3 Å². The first kappa shape index (κ1) is 19.3. The molecule has 1 aliphatic rings. The van der Waals surface area contributed by atoms with Crippen molar-refractivity contribution in [3.05, 3.63) is 53.8 Å². The Bertz CT molecular complexity index is 947. The van der Waals surface area contributed by atoms with Gasteiger partial charge in [0, 0.05) is 31.9 Å². The summed E-state index contributed by atoms with van der Waals surface area (Å²) in [6.07, 6.45) is 4.69. The topological polar surface area (TPSA) is 86.3 Å². The lowest BCUT2D eigenvalue weighted by Gasteiger charge is -2.33. The molecule has 0 bridgehead atoms. The normalized spacial score (nSPS) is 16.9. The number of carbonyl (C=O) groups is 1. The molecule has 8 nitrogen and oxygen atoms in total. The average Bonchev–Trinajstić information content (AvgIpc) is 3.37. The van der Waals surface area contributed by atoms with Gasteiger partial charge in [0.1, 0.15) is 11.9 Å². The first-order valence-electron chi connectivity index (χ1n) is 9.89. The van der Waals surface area contributed by atoms with E-state index in [0.29, 0.717) is 26.1 Å². The fourth-order valence-electron chi connectivity index (χ4n) is 3.66. The maximum Gasteiger partial charge on any atom is 0.222 e. The van der Waals surface area contributed by atoms with Gasteiger partial charge in [0.15, 0.2) is 0 Å². The number of ether oxygens (including phenoxy) is 1. The molecular formula is C21H25N5O3. The van der Waals surface area contributed by atoms with Gasteiger partial charge < -0.3 is 14.2 Å². The second-order valence-corrected chi connectivity index (χ2v) is 7.22. The van der Waals surface area contributed by atoms with Crippen molar-refractivity contribution >= 4 is 5.91 Å². The van der Waals surface area contributed by atoms with Gasteiger partial charge in [-0.25, -0.2) is 4.98 Å². The van der Waals surface area contributed by atoms with E-state index in [1.807, 2.05) is 53.9 Å². The summed E-state index contributed by atoms with van der Waals surface area (Å²) < 4.78 is 13.0. The van der Waals surface area contributed by atoms with Crippen LogP contribution in [0, 0.1) is 13.8 Å². The Hall–Kier alpha value is -3.00. The Balaban J connectivity index is 1.40. The summed E-state index contributed by atoms with van der Waals surface area (Å²) in [5.74, 6) is 0.887. The monoisotopic (exact) mass is 395 g/mol. The zero-order valence-electron chi connectivity index (χ0n) is 16.7. The quantitative estimate of drug-likeness (QED) is 0.638. The number of amides is 1. The van der Waals surface area contributed by atoms with E-state index in [4.69, 9.17) is 14.2 Å². The third-order valence-electron chi connectivity index (χ3n) is 5.15. The van der Waals surface area contributed by atoms with Gasteiger partial charge in [-0.15, -0.1) is 0 Å². The maximum absolute atomic E-state index is 12.6. The van der Waals surface area contributed by atoms with Crippen LogP contribution in [0.15, 0.2) is 41.2 Å². The van der Waals surface area contributed by atoms with E-state index in [9.17, 15) is 4.79 Å². The minimum absolute atomic E-state index is 0.146. The zero-order valence-corrected chi connectivity index (χ0v) is 16.7. The maximum atomic E-state index is 12.6. The summed E-state index contributed by atoms with van der Waals surface area (Å²) in [4.78, 5) is 19.3. The van der Waals surface area contributed by atoms with Gasteiger partial charge in [0.25, 0.3) is 0 Å². The van der Waals surface area contributed by atoms with Crippen molar-refractivity contribution in [1.82, 2.24) is 24.8 Å². The van der Waals surface area contributed by atoms with Crippen molar-refractivity contribution in [2.45, 2.75) is 39.3 Å². The zero-order chi connectivity index (χ0) is 20.2. The first-order valence-corrected chi connectivity index (χ1v) is 9.89. The number of aryl methyl sites for hydroxylation is 3. The summed E-state index contributed by atoms with van der Waals surface area (Å²) >= 11 is 0. The van der Waals surface area contributed by atoms with Crippen molar-refractivity contribution in [1.29, 1.82) is 0 Å². The SMILES string of the molecule is Cc1noc(C)c1-c1cccc(C2CN(C(=O)CCCn3cccn3)CCO2)n1. The second-order valence-electron chi connectivity index (χ2n) is 7.22. The Morgan fingerprint density at radius 2 is 2.17 bits per heavy atom. The van der Waals surface area contributed by atoms with E-state index in [-0.39, 0.29) is 12.0 Å². The molecule has 0 spiro atoms. The molecular weight excluding hydrogens is 370 g/mol. The van der Waals surface area contributed by atoms with Crippen LogP contribution in [0.4, 0.5) is 0 Å². The Morgan fingerprint density at radius 3 is 2.93 bits per heavy atom. The molecule has 1 fully saturated rings. The third kappa shape index (κ3) is 4.37. The van der Waals surface area contributed by atoms with Crippen LogP contribution < -0.4 is 0 Å². The minimum atomic E-state index is -0.237. The van der Waals surface area contributed by atoms with E-state index >= 15 is 0 Å². The molecule has 1 aliphatic heterocycles. The molecule has 0 radical (unpaired) electrons. The van der Waals surface area contributed by atoms with Crippen LogP contribution in [-0.2, 0) is 16.1 Å².